The molecule has 0 spiro atoms. The van der Waals surface area contributed by atoms with Crippen LogP contribution in [0.2, 0.25) is 0 Å². The van der Waals surface area contributed by atoms with Gasteiger partial charge in [0.05, 0.1) is 20.3 Å². The molecule has 2 rings (SSSR count). The summed E-state index contributed by atoms with van der Waals surface area (Å²) in [6.45, 7) is 4.17. The molecule has 0 aliphatic carbocycles. The van der Waals surface area contributed by atoms with E-state index >= 15 is 0 Å². The van der Waals surface area contributed by atoms with E-state index in [1.807, 2.05) is 36.4 Å². The van der Waals surface area contributed by atoms with Gasteiger partial charge >= 0.3 is 0 Å². The van der Waals surface area contributed by atoms with Crippen molar-refractivity contribution in [1.82, 2.24) is 0 Å². The van der Waals surface area contributed by atoms with Crippen molar-refractivity contribution in [3.63, 3.8) is 0 Å². The van der Waals surface area contributed by atoms with Gasteiger partial charge in [-0.05, 0) is 25.5 Å². The van der Waals surface area contributed by atoms with E-state index in [0.717, 1.165) is 29.2 Å². The summed E-state index contributed by atoms with van der Waals surface area (Å²) in [5, 5.41) is 0. The average Bonchev–Trinajstić information content (AvgIpc) is 2.55. The van der Waals surface area contributed by atoms with Gasteiger partial charge in [-0.15, -0.1) is 0 Å². The zero-order valence-electron chi connectivity index (χ0n) is 13.7. The lowest BCUT2D eigenvalue weighted by Gasteiger charge is -2.13. The van der Waals surface area contributed by atoms with Gasteiger partial charge in [0.2, 0.25) is 0 Å². The highest BCUT2D eigenvalue weighted by Gasteiger charge is 2.11. The van der Waals surface area contributed by atoms with Gasteiger partial charge in [-0.3, -0.25) is 4.99 Å². The lowest BCUT2D eigenvalue weighted by atomic mass is 10.1. The Labute approximate surface area is 132 Å². The van der Waals surface area contributed by atoms with Crippen molar-refractivity contribution in [2.45, 2.75) is 26.3 Å². The smallest absolute Gasteiger partial charge is 0.164 e. The molecule has 0 saturated carbocycles. The molecule has 0 fully saturated rings. The molecular formula is C19H23NO2. The van der Waals surface area contributed by atoms with Crippen LogP contribution in [0.15, 0.2) is 53.5 Å². The van der Waals surface area contributed by atoms with Gasteiger partial charge in [-0.1, -0.05) is 42.5 Å². The van der Waals surface area contributed by atoms with Crippen LogP contribution in [-0.2, 0) is 6.42 Å². The molecule has 0 N–H and O–H groups in total. The molecule has 0 aromatic heterocycles. The first-order valence-corrected chi connectivity index (χ1v) is 7.43. The fourth-order valence-corrected chi connectivity index (χ4v) is 2.55. The lowest BCUT2D eigenvalue weighted by molar-refractivity contribution is 0.352. The zero-order valence-corrected chi connectivity index (χ0v) is 13.7. The maximum Gasteiger partial charge on any atom is 0.164 e. The second-order valence-corrected chi connectivity index (χ2v) is 5.28. The van der Waals surface area contributed by atoms with Crippen molar-refractivity contribution in [2.24, 2.45) is 4.99 Å². The minimum absolute atomic E-state index is 0.151. The molecular weight excluding hydrogens is 274 g/mol. The van der Waals surface area contributed by atoms with Crippen LogP contribution in [0.5, 0.6) is 11.5 Å². The standard InChI is InChI=1S/C19H23NO2/c1-14(20-15(2)16-9-6-5-7-10-16)13-17-11-8-12-18(21-3)19(17)22-4/h5-12,15H,13H2,1-4H3. The fraction of sp³-hybridized carbons (Fsp3) is 0.316. The van der Waals surface area contributed by atoms with Crippen molar-refractivity contribution in [1.29, 1.82) is 0 Å². The van der Waals surface area contributed by atoms with Crippen LogP contribution in [0.3, 0.4) is 0 Å². The minimum Gasteiger partial charge on any atom is -0.493 e. The highest BCUT2D eigenvalue weighted by Crippen LogP contribution is 2.31. The molecule has 116 valence electrons. The number of rotatable bonds is 6. The van der Waals surface area contributed by atoms with Crippen molar-refractivity contribution >= 4 is 5.71 Å². The third kappa shape index (κ3) is 3.88. The number of benzene rings is 2. The predicted octanol–water partition coefficient (Wildman–Crippen LogP) is 4.47. The minimum atomic E-state index is 0.151. The second-order valence-electron chi connectivity index (χ2n) is 5.28. The summed E-state index contributed by atoms with van der Waals surface area (Å²) in [4.78, 5) is 4.79. The molecule has 0 saturated heterocycles. The molecule has 2 aromatic carbocycles. The number of hydrogen-bond donors (Lipinski definition) is 0. The Morgan fingerprint density at radius 3 is 2.36 bits per heavy atom. The van der Waals surface area contributed by atoms with Crippen LogP contribution in [0.1, 0.15) is 31.0 Å². The monoisotopic (exact) mass is 297 g/mol. The van der Waals surface area contributed by atoms with Gasteiger partial charge in [0.1, 0.15) is 0 Å². The van der Waals surface area contributed by atoms with Crippen LogP contribution in [-0.4, -0.2) is 19.9 Å². The summed E-state index contributed by atoms with van der Waals surface area (Å²) in [5.41, 5.74) is 3.38. The molecule has 2 aromatic rings. The van der Waals surface area contributed by atoms with Crippen molar-refractivity contribution in [2.75, 3.05) is 14.2 Å². The fourth-order valence-electron chi connectivity index (χ4n) is 2.55. The van der Waals surface area contributed by atoms with Gasteiger partial charge in [-0.2, -0.15) is 0 Å². The Morgan fingerprint density at radius 1 is 1.00 bits per heavy atom. The van der Waals surface area contributed by atoms with E-state index in [4.69, 9.17) is 14.5 Å². The van der Waals surface area contributed by atoms with E-state index < -0.39 is 0 Å². The lowest BCUT2D eigenvalue weighted by Crippen LogP contribution is -2.04. The second kappa shape index (κ2) is 7.64. The highest BCUT2D eigenvalue weighted by molar-refractivity contribution is 5.85. The van der Waals surface area contributed by atoms with E-state index in [2.05, 4.69) is 26.0 Å². The maximum absolute atomic E-state index is 5.48. The normalized spacial score (nSPS) is 12.8. The number of para-hydroxylation sites is 1. The van der Waals surface area contributed by atoms with E-state index in [0.29, 0.717) is 0 Å². The van der Waals surface area contributed by atoms with E-state index in [1.54, 1.807) is 14.2 Å². The molecule has 0 heterocycles. The summed E-state index contributed by atoms with van der Waals surface area (Å²) in [5.74, 6) is 1.54. The summed E-state index contributed by atoms with van der Waals surface area (Å²) in [6, 6.07) is 16.4. The van der Waals surface area contributed by atoms with Crippen molar-refractivity contribution in [3.05, 3.63) is 59.7 Å². The van der Waals surface area contributed by atoms with Gasteiger partial charge < -0.3 is 9.47 Å². The Kier molecular flexibility index (Phi) is 5.59. The Balaban J connectivity index is 2.18. The summed E-state index contributed by atoms with van der Waals surface area (Å²) in [7, 11) is 3.32. The van der Waals surface area contributed by atoms with Crippen LogP contribution in [0.25, 0.3) is 0 Å². The molecule has 1 atom stereocenters. The zero-order chi connectivity index (χ0) is 15.9. The van der Waals surface area contributed by atoms with Crippen LogP contribution in [0, 0.1) is 0 Å². The quantitative estimate of drug-likeness (QED) is 0.737. The first-order valence-electron chi connectivity index (χ1n) is 7.43. The van der Waals surface area contributed by atoms with Crippen LogP contribution in [0.4, 0.5) is 0 Å². The number of ether oxygens (including phenoxy) is 2. The van der Waals surface area contributed by atoms with Gasteiger partial charge in [-0.25, -0.2) is 0 Å². The number of methoxy groups -OCH3 is 2. The maximum atomic E-state index is 5.48. The summed E-state index contributed by atoms with van der Waals surface area (Å²) >= 11 is 0. The molecule has 0 amide bonds. The first-order chi connectivity index (χ1) is 10.7. The number of nitrogens with zero attached hydrogens (tertiary/aromatic N) is 1. The summed E-state index contributed by atoms with van der Waals surface area (Å²) < 4.78 is 10.8. The summed E-state index contributed by atoms with van der Waals surface area (Å²) in [6.07, 6.45) is 0.748. The molecule has 22 heavy (non-hydrogen) atoms. The SMILES string of the molecule is COc1cccc(CC(C)=NC(C)c2ccccc2)c1OC. The van der Waals surface area contributed by atoms with Gasteiger partial charge in [0.25, 0.3) is 0 Å². The Hall–Kier alpha value is -2.29. The van der Waals surface area contributed by atoms with Crippen LogP contribution < -0.4 is 9.47 Å². The molecule has 3 nitrogen and oxygen atoms in total. The van der Waals surface area contributed by atoms with Gasteiger partial charge in [0, 0.05) is 17.7 Å². The van der Waals surface area contributed by atoms with Crippen LogP contribution >= 0.6 is 0 Å². The molecule has 3 heteroatoms. The largest absolute Gasteiger partial charge is 0.493 e. The van der Waals surface area contributed by atoms with E-state index in [1.165, 1.54) is 5.56 Å². The third-order valence-corrected chi connectivity index (χ3v) is 3.63. The van der Waals surface area contributed by atoms with E-state index in [-0.39, 0.29) is 6.04 Å². The van der Waals surface area contributed by atoms with Crippen molar-refractivity contribution < 1.29 is 9.47 Å². The Bertz CT molecular complexity index is 635. The van der Waals surface area contributed by atoms with Gasteiger partial charge in [0.15, 0.2) is 11.5 Å². The number of aliphatic imine (C=N–C) groups is 1. The molecule has 0 aliphatic heterocycles. The molecule has 0 bridgehead atoms. The predicted molar refractivity (Wildman–Crippen MR) is 91.2 cm³/mol. The molecule has 0 radical (unpaired) electrons. The topological polar surface area (TPSA) is 30.8 Å². The highest BCUT2D eigenvalue weighted by atomic mass is 16.5. The third-order valence-electron chi connectivity index (χ3n) is 3.63. The van der Waals surface area contributed by atoms with E-state index in [9.17, 15) is 0 Å². The molecule has 0 aliphatic rings. The first kappa shape index (κ1) is 16.1. The molecule has 1 unspecified atom stereocenters. The number of hydrogen-bond acceptors (Lipinski definition) is 3. The Morgan fingerprint density at radius 2 is 1.73 bits per heavy atom. The average molecular weight is 297 g/mol. The van der Waals surface area contributed by atoms with Crippen molar-refractivity contribution in [3.8, 4) is 11.5 Å².